The predicted octanol–water partition coefficient (Wildman–Crippen LogP) is 5.17. The van der Waals surface area contributed by atoms with Gasteiger partial charge in [0.2, 0.25) is 0 Å². The maximum atomic E-state index is 14.5. The fourth-order valence-corrected chi connectivity index (χ4v) is 4.82. The molecular weight excluding hydrogens is 442 g/mol. The number of fused-ring (bicyclic) bond motifs is 1. The zero-order valence-corrected chi connectivity index (χ0v) is 18.7. The molecule has 1 aromatic heterocycles. The molecule has 2 aromatic carbocycles. The fourth-order valence-electron chi connectivity index (χ4n) is 4.82. The van der Waals surface area contributed by atoms with Crippen molar-refractivity contribution in [2.75, 3.05) is 18.0 Å². The van der Waals surface area contributed by atoms with Gasteiger partial charge in [0, 0.05) is 35.5 Å². The number of aromatic nitrogens is 2. The van der Waals surface area contributed by atoms with Gasteiger partial charge in [-0.15, -0.1) is 0 Å². The zero-order valence-electron chi connectivity index (χ0n) is 18.7. The number of amides is 1. The van der Waals surface area contributed by atoms with Gasteiger partial charge in [-0.05, 0) is 69.1 Å². The number of ether oxygens (including phenoxy) is 1. The molecule has 1 fully saturated rings. The standard InChI is InChI=1S/C25H26F2N4O3/c1-15-2-7-20-22(31(15)25(32)33)9-8-19(24(20)34-18-5-3-17(26)4-6-18)16-12-29-30(14-16)23-10-11-28-13-21(23)27/h3-6,8-9,12,14-15,21,23,28H,2,7,10-11,13H2,1H3,(H,32,33)/t15-,21+,23-/m0/s1. The second-order valence-electron chi connectivity index (χ2n) is 8.82. The van der Waals surface area contributed by atoms with Crippen LogP contribution >= 0.6 is 0 Å². The van der Waals surface area contributed by atoms with Crippen molar-refractivity contribution < 1.29 is 23.4 Å². The van der Waals surface area contributed by atoms with E-state index in [1.165, 1.54) is 29.2 Å². The Morgan fingerprint density at radius 1 is 1.21 bits per heavy atom. The minimum atomic E-state index is -1.04. The van der Waals surface area contributed by atoms with Crippen LogP contribution < -0.4 is 15.0 Å². The van der Waals surface area contributed by atoms with Crippen LogP contribution in [0.5, 0.6) is 11.5 Å². The van der Waals surface area contributed by atoms with E-state index in [1.54, 1.807) is 16.9 Å². The number of hydrogen-bond acceptors (Lipinski definition) is 4. The quantitative estimate of drug-likeness (QED) is 0.552. The van der Waals surface area contributed by atoms with Gasteiger partial charge in [0.25, 0.3) is 0 Å². The van der Waals surface area contributed by atoms with Crippen molar-refractivity contribution in [3.05, 3.63) is 60.2 Å². The molecule has 34 heavy (non-hydrogen) atoms. The van der Waals surface area contributed by atoms with Gasteiger partial charge in [0.15, 0.2) is 0 Å². The molecule has 0 radical (unpaired) electrons. The van der Waals surface area contributed by atoms with E-state index in [-0.39, 0.29) is 17.9 Å². The molecule has 7 nitrogen and oxygen atoms in total. The molecule has 0 spiro atoms. The second kappa shape index (κ2) is 9.06. The number of carbonyl (C=O) groups is 1. The lowest BCUT2D eigenvalue weighted by atomic mass is 9.92. The van der Waals surface area contributed by atoms with E-state index < -0.39 is 12.3 Å². The summed E-state index contributed by atoms with van der Waals surface area (Å²) in [5.74, 6) is 0.563. The van der Waals surface area contributed by atoms with Crippen LogP contribution in [-0.2, 0) is 6.42 Å². The third-order valence-corrected chi connectivity index (χ3v) is 6.61. The molecule has 2 aliphatic rings. The van der Waals surface area contributed by atoms with Gasteiger partial charge in [-0.25, -0.2) is 13.6 Å². The highest BCUT2D eigenvalue weighted by Gasteiger charge is 2.32. The van der Waals surface area contributed by atoms with E-state index in [2.05, 4.69) is 10.4 Å². The van der Waals surface area contributed by atoms with E-state index in [0.717, 1.165) is 23.2 Å². The number of rotatable bonds is 4. The van der Waals surface area contributed by atoms with Crippen LogP contribution in [0.25, 0.3) is 11.1 Å². The number of carboxylic acid groups (broad SMARTS) is 1. The minimum Gasteiger partial charge on any atom is -0.465 e. The van der Waals surface area contributed by atoms with Crippen LogP contribution in [-0.4, -0.2) is 46.3 Å². The van der Waals surface area contributed by atoms with E-state index >= 15 is 0 Å². The summed E-state index contributed by atoms with van der Waals surface area (Å²) in [4.78, 5) is 13.3. The Bertz CT molecular complexity index is 1200. The van der Waals surface area contributed by atoms with Crippen molar-refractivity contribution in [3.63, 3.8) is 0 Å². The molecule has 2 aliphatic heterocycles. The van der Waals surface area contributed by atoms with Gasteiger partial charge in [-0.3, -0.25) is 9.58 Å². The Kier molecular flexibility index (Phi) is 5.95. The van der Waals surface area contributed by atoms with Crippen molar-refractivity contribution in [3.8, 4) is 22.6 Å². The van der Waals surface area contributed by atoms with Gasteiger partial charge >= 0.3 is 6.09 Å². The molecule has 5 rings (SSSR count). The van der Waals surface area contributed by atoms with Crippen LogP contribution in [0.4, 0.5) is 19.3 Å². The van der Waals surface area contributed by atoms with Gasteiger partial charge in [0.1, 0.15) is 23.5 Å². The molecule has 3 aromatic rings. The average Bonchev–Trinajstić information content (AvgIpc) is 3.30. The number of alkyl halides is 1. The molecule has 178 valence electrons. The highest BCUT2D eigenvalue weighted by Crippen LogP contribution is 2.45. The fraction of sp³-hybridized carbons (Fsp3) is 0.360. The normalized spacial score (nSPS) is 22.3. The Labute approximate surface area is 196 Å². The Hall–Kier alpha value is -3.46. The third kappa shape index (κ3) is 4.11. The van der Waals surface area contributed by atoms with Gasteiger partial charge < -0.3 is 15.2 Å². The first-order chi connectivity index (χ1) is 16.4. The third-order valence-electron chi connectivity index (χ3n) is 6.61. The van der Waals surface area contributed by atoms with Crippen LogP contribution in [0.15, 0.2) is 48.8 Å². The second-order valence-corrected chi connectivity index (χ2v) is 8.82. The number of nitrogens with zero attached hydrogens (tertiary/aromatic N) is 3. The van der Waals surface area contributed by atoms with Crippen LogP contribution in [0.3, 0.4) is 0 Å². The predicted molar refractivity (Wildman–Crippen MR) is 124 cm³/mol. The summed E-state index contributed by atoms with van der Waals surface area (Å²) in [6.45, 7) is 2.89. The number of benzene rings is 2. The first kappa shape index (κ1) is 22.3. The van der Waals surface area contributed by atoms with E-state index in [1.807, 2.05) is 19.2 Å². The summed E-state index contributed by atoms with van der Waals surface area (Å²) in [7, 11) is 0. The molecule has 0 saturated carbocycles. The smallest absolute Gasteiger partial charge is 0.412 e. The lowest BCUT2D eigenvalue weighted by Gasteiger charge is -2.34. The summed E-state index contributed by atoms with van der Waals surface area (Å²) < 4.78 is 35.9. The van der Waals surface area contributed by atoms with E-state index in [9.17, 15) is 18.7 Å². The highest BCUT2D eigenvalue weighted by molar-refractivity contribution is 5.91. The van der Waals surface area contributed by atoms with Crippen LogP contribution in [0.2, 0.25) is 0 Å². The van der Waals surface area contributed by atoms with Crippen molar-refractivity contribution in [1.29, 1.82) is 0 Å². The Balaban J connectivity index is 1.60. The molecule has 9 heteroatoms. The lowest BCUT2D eigenvalue weighted by molar-refractivity contribution is 0.173. The van der Waals surface area contributed by atoms with Gasteiger partial charge in [-0.1, -0.05) is 0 Å². The number of hydrogen-bond donors (Lipinski definition) is 2. The summed E-state index contributed by atoms with van der Waals surface area (Å²) in [5, 5.41) is 17.3. The molecule has 2 N–H and O–H groups in total. The molecule has 0 bridgehead atoms. The maximum Gasteiger partial charge on any atom is 0.412 e. The molecule has 3 heterocycles. The highest BCUT2D eigenvalue weighted by atomic mass is 19.1. The largest absolute Gasteiger partial charge is 0.465 e. The number of anilines is 1. The molecular formula is C25H26F2N4O3. The first-order valence-corrected chi connectivity index (χ1v) is 11.4. The lowest BCUT2D eigenvalue weighted by Crippen LogP contribution is -2.41. The Morgan fingerprint density at radius 3 is 2.74 bits per heavy atom. The van der Waals surface area contributed by atoms with Gasteiger partial charge in [-0.2, -0.15) is 5.10 Å². The molecule has 3 atom stereocenters. The van der Waals surface area contributed by atoms with E-state index in [0.29, 0.717) is 43.0 Å². The number of piperidine rings is 1. The van der Waals surface area contributed by atoms with Crippen LogP contribution in [0, 0.1) is 5.82 Å². The topological polar surface area (TPSA) is 79.6 Å². The average molecular weight is 469 g/mol. The summed E-state index contributed by atoms with van der Waals surface area (Å²) in [6.07, 6.45) is 3.32. The van der Waals surface area contributed by atoms with Crippen molar-refractivity contribution in [1.82, 2.24) is 15.1 Å². The number of halogens is 2. The molecule has 0 unspecified atom stereocenters. The van der Waals surface area contributed by atoms with Crippen molar-refractivity contribution >= 4 is 11.8 Å². The first-order valence-electron chi connectivity index (χ1n) is 11.4. The van der Waals surface area contributed by atoms with Crippen LogP contribution in [0.1, 0.15) is 31.4 Å². The van der Waals surface area contributed by atoms with Gasteiger partial charge in [0.05, 0.1) is 17.9 Å². The maximum absolute atomic E-state index is 14.5. The van der Waals surface area contributed by atoms with Crippen molar-refractivity contribution in [2.24, 2.45) is 0 Å². The summed E-state index contributed by atoms with van der Waals surface area (Å²) in [6, 6.07) is 8.76. The van der Waals surface area contributed by atoms with E-state index in [4.69, 9.17) is 4.74 Å². The summed E-state index contributed by atoms with van der Waals surface area (Å²) in [5.41, 5.74) is 2.80. The molecule has 0 aliphatic carbocycles. The zero-order chi connectivity index (χ0) is 23.8. The summed E-state index contributed by atoms with van der Waals surface area (Å²) >= 11 is 0. The van der Waals surface area contributed by atoms with Crippen molar-refractivity contribution in [2.45, 2.75) is 44.4 Å². The monoisotopic (exact) mass is 468 g/mol. The SMILES string of the molecule is C[C@H]1CCc2c(ccc(-c3cnn([C@H]4CCNC[C@H]4F)c3)c2Oc2ccc(F)cc2)N1C(=O)O. The Morgan fingerprint density at radius 2 is 2.00 bits per heavy atom. The molecule has 1 amide bonds. The minimum absolute atomic E-state index is 0.168. The number of nitrogens with one attached hydrogen (secondary N) is 1. The molecule has 1 saturated heterocycles.